The lowest BCUT2D eigenvalue weighted by molar-refractivity contribution is -0.140. The van der Waals surface area contributed by atoms with E-state index in [-0.39, 0.29) is 30.2 Å². The van der Waals surface area contributed by atoms with E-state index in [2.05, 4.69) is 12.0 Å². The lowest BCUT2D eigenvalue weighted by Crippen LogP contribution is -2.30. The van der Waals surface area contributed by atoms with Crippen molar-refractivity contribution in [3.8, 4) is 0 Å². The highest BCUT2D eigenvalue weighted by molar-refractivity contribution is 6.07. The maximum absolute atomic E-state index is 12.3. The SMILES string of the molecule is CCCCn1ccc(CN2C(=O)C3C=CC=CC3C2=O)n1. The minimum absolute atomic E-state index is 0.117. The number of rotatable bonds is 5. The van der Waals surface area contributed by atoms with E-state index in [4.69, 9.17) is 0 Å². The topological polar surface area (TPSA) is 55.2 Å². The molecule has 0 aromatic carbocycles. The number of imide groups is 1. The minimum Gasteiger partial charge on any atom is -0.275 e. The number of nitrogens with zero attached hydrogens (tertiary/aromatic N) is 3. The molecule has 2 aliphatic rings. The Bertz CT molecular complexity index is 585. The number of carbonyl (C=O) groups excluding carboxylic acids is 2. The number of aryl methyl sites for hydroxylation is 1. The van der Waals surface area contributed by atoms with Gasteiger partial charge in [-0.1, -0.05) is 37.6 Å². The summed E-state index contributed by atoms with van der Waals surface area (Å²) in [6, 6.07) is 1.88. The molecule has 0 bridgehead atoms. The van der Waals surface area contributed by atoms with E-state index in [0.29, 0.717) is 0 Å². The Morgan fingerprint density at radius 1 is 1.14 bits per heavy atom. The molecule has 0 saturated carbocycles. The number of aromatic nitrogens is 2. The molecule has 2 heterocycles. The molecule has 110 valence electrons. The summed E-state index contributed by atoms with van der Waals surface area (Å²) in [5.41, 5.74) is 0.763. The van der Waals surface area contributed by atoms with Gasteiger partial charge in [0.1, 0.15) is 0 Å². The van der Waals surface area contributed by atoms with Crippen LogP contribution in [0.4, 0.5) is 0 Å². The molecule has 2 atom stereocenters. The van der Waals surface area contributed by atoms with Crippen molar-refractivity contribution in [3.05, 3.63) is 42.3 Å². The van der Waals surface area contributed by atoms with Crippen molar-refractivity contribution < 1.29 is 9.59 Å². The number of allylic oxidation sites excluding steroid dienone is 2. The zero-order valence-corrected chi connectivity index (χ0v) is 12.1. The van der Waals surface area contributed by atoms with Gasteiger partial charge in [-0.05, 0) is 12.5 Å². The van der Waals surface area contributed by atoms with Crippen molar-refractivity contribution in [2.75, 3.05) is 0 Å². The van der Waals surface area contributed by atoms with E-state index in [1.54, 1.807) is 0 Å². The van der Waals surface area contributed by atoms with E-state index >= 15 is 0 Å². The summed E-state index contributed by atoms with van der Waals surface area (Å²) < 4.78 is 1.87. The molecule has 0 spiro atoms. The molecule has 1 aliphatic carbocycles. The molecule has 1 aliphatic heterocycles. The second kappa shape index (κ2) is 5.68. The average molecular weight is 285 g/mol. The van der Waals surface area contributed by atoms with Crippen LogP contribution in [0.5, 0.6) is 0 Å². The molecule has 1 fully saturated rings. The number of unbranched alkanes of at least 4 members (excludes halogenated alkanes) is 1. The van der Waals surface area contributed by atoms with Gasteiger partial charge in [0.05, 0.1) is 24.1 Å². The first-order chi connectivity index (χ1) is 10.2. The summed E-state index contributed by atoms with van der Waals surface area (Å²) in [6.45, 7) is 3.27. The van der Waals surface area contributed by atoms with Gasteiger partial charge in [0.15, 0.2) is 0 Å². The van der Waals surface area contributed by atoms with Gasteiger partial charge in [-0.15, -0.1) is 0 Å². The largest absolute Gasteiger partial charge is 0.275 e. The number of amides is 2. The second-order valence-electron chi connectivity index (χ2n) is 5.51. The van der Waals surface area contributed by atoms with Crippen LogP contribution in [-0.2, 0) is 22.7 Å². The van der Waals surface area contributed by atoms with Gasteiger partial charge in [0.25, 0.3) is 0 Å². The lowest BCUT2D eigenvalue weighted by atomic mass is 9.91. The molecule has 5 heteroatoms. The quantitative estimate of drug-likeness (QED) is 0.777. The number of likely N-dealkylation sites (tertiary alicyclic amines) is 1. The number of carbonyl (C=O) groups is 2. The summed E-state index contributed by atoms with van der Waals surface area (Å²) in [6.07, 6.45) is 11.4. The first-order valence-corrected chi connectivity index (χ1v) is 7.43. The van der Waals surface area contributed by atoms with Crippen molar-refractivity contribution in [1.29, 1.82) is 0 Å². The highest BCUT2D eigenvalue weighted by Crippen LogP contribution is 2.31. The normalized spacial score (nSPS) is 24.0. The van der Waals surface area contributed by atoms with Crippen LogP contribution >= 0.6 is 0 Å². The molecule has 5 nitrogen and oxygen atoms in total. The van der Waals surface area contributed by atoms with Crippen molar-refractivity contribution in [3.63, 3.8) is 0 Å². The van der Waals surface area contributed by atoms with E-state index in [1.165, 1.54) is 4.90 Å². The third-order valence-corrected chi connectivity index (χ3v) is 3.99. The van der Waals surface area contributed by atoms with Gasteiger partial charge < -0.3 is 0 Å². The third kappa shape index (κ3) is 2.55. The van der Waals surface area contributed by atoms with Crippen LogP contribution in [-0.4, -0.2) is 26.5 Å². The molecular weight excluding hydrogens is 266 g/mol. The smallest absolute Gasteiger partial charge is 0.237 e. The van der Waals surface area contributed by atoms with E-state index in [1.807, 2.05) is 41.2 Å². The average Bonchev–Trinajstić information content (AvgIpc) is 3.05. The fourth-order valence-electron chi connectivity index (χ4n) is 2.80. The Hall–Kier alpha value is -2.17. The Labute approximate surface area is 123 Å². The maximum atomic E-state index is 12.3. The van der Waals surface area contributed by atoms with Gasteiger partial charge in [0.2, 0.25) is 11.8 Å². The number of hydrogen-bond donors (Lipinski definition) is 0. The first-order valence-electron chi connectivity index (χ1n) is 7.43. The molecule has 1 aromatic heterocycles. The second-order valence-corrected chi connectivity index (χ2v) is 5.51. The molecule has 0 N–H and O–H groups in total. The monoisotopic (exact) mass is 285 g/mol. The first kappa shape index (κ1) is 13.8. The summed E-state index contributed by atoms with van der Waals surface area (Å²) >= 11 is 0. The summed E-state index contributed by atoms with van der Waals surface area (Å²) in [5, 5.41) is 4.43. The number of fused-ring (bicyclic) bond motifs is 1. The Balaban J connectivity index is 1.71. The molecule has 2 unspecified atom stereocenters. The molecule has 0 radical (unpaired) electrons. The number of hydrogen-bond acceptors (Lipinski definition) is 3. The summed E-state index contributed by atoms with van der Waals surface area (Å²) in [7, 11) is 0. The summed E-state index contributed by atoms with van der Waals surface area (Å²) in [5.74, 6) is -0.892. The third-order valence-electron chi connectivity index (χ3n) is 3.99. The van der Waals surface area contributed by atoms with E-state index < -0.39 is 0 Å². The fraction of sp³-hybridized carbons (Fsp3) is 0.438. The van der Waals surface area contributed by atoms with Crippen molar-refractivity contribution in [1.82, 2.24) is 14.7 Å². The van der Waals surface area contributed by atoms with E-state index in [0.717, 1.165) is 25.1 Å². The van der Waals surface area contributed by atoms with E-state index in [9.17, 15) is 9.59 Å². The molecule has 21 heavy (non-hydrogen) atoms. The van der Waals surface area contributed by atoms with Gasteiger partial charge in [0, 0.05) is 12.7 Å². The zero-order valence-electron chi connectivity index (χ0n) is 12.1. The van der Waals surface area contributed by atoms with Crippen molar-refractivity contribution >= 4 is 11.8 Å². The zero-order chi connectivity index (χ0) is 14.8. The van der Waals surface area contributed by atoms with Crippen LogP contribution < -0.4 is 0 Å². The summed E-state index contributed by atoms with van der Waals surface area (Å²) in [4.78, 5) is 26.0. The lowest BCUT2D eigenvalue weighted by Gasteiger charge is -2.12. The highest BCUT2D eigenvalue weighted by atomic mass is 16.2. The van der Waals surface area contributed by atoms with Gasteiger partial charge in [-0.3, -0.25) is 19.2 Å². The Morgan fingerprint density at radius 3 is 2.43 bits per heavy atom. The van der Waals surface area contributed by atoms with Gasteiger partial charge in [-0.2, -0.15) is 5.10 Å². The standard InChI is InChI=1S/C16H19N3O2/c1-2-3-9-18-10-8-12(17-18)11-19-15(20)13-6-4-5-7-14(13)16(19)21/h4-8,10,13-14H,2-3,9,11H2,1H3. The van der Waals surface area contributed by atoms with Crippen LogP contribution in [0.25, 0.3) is 0 Å². The molecule has 1 saturated heterocycles. The van der Waals surface area contributed by atoms with Crippen molar-refractivity contribution in [2.45, 2.75) is 32.9 Å². The highest BCUT2D eigenvalue weighted by Gasteiger charge is 2.45. The predicted molar refractivity (Wildman–Crippen MR) is 78.0 cm³/mol. The van der Waals surface area contributed by atoms with Crippen LogP contribution in [0.2, 0.25) is 0 Å². The molecule has 2 amide bonds. The van der Waals surface area contributed by atoms with Crippen LogP contribution in [0.15, 0.2) is 36.6 Å². The maximum Gasteiger partial charge on any atom is 0.237 e. The minimum atomic E-state index is -0.329. The van der Waals surface area contributed by atoms with Crippen LogP contribution in [0, 0.1) is 11.8 Å². The van der Waals surface area contributed by atoms with Crippen LogP contribution in [0.3, 0.4) is 0 Å². The van der Waals surface area contributed by atoms with Crippen molar-refractivity contribution in [2.24, 2.45) is 11.8 Å². The predicted octanol–water partition coefficient (Wildman–Crippen LogP) is 1.91. The van der Waals surface area contributed by atoms with Gasteiger partial charge >= 0.3 is 0 Å². The Morgan fingerprint density at radius 2 is 1.81 bits per heavy atom. The molecule has 1 aromatic rings. The fourth-order valence-corrected chi connectivity index (χ4v) is 2.80. The Kier molecular flexibility index (Phi) is 3.73. The molecular formula is C16H19N3O2. The van der Waals surface area contributed by atoms with Crippen LogP contribution in [0.1, 0.15) is 25.5 Å². The van der Waals surface area contributed by atoms with Gasteiger partial charge in [-0.25, -0.2) is 0 Å². The molecule has 3 rings (SSSR count).